The van der Waals surface area contributed by atoms with Crippen molar-refractivity contribution in [1.29, 1.82) is 0 Å². The van der Waals surface area contributed by atoms with Crippen LogP contribution in [0.25, 0.3) is 6.08 Å². The molecule has 2 rings (SSSR count). The average molecular weight is 528 g/mol. The van der Waals surface area contributed by atoms with Crippen LogP contribution in [0.1, 0.15) is 82.3 Å². The minimum absolute atomic E-state index is 0.112. The predicted octanol–water partition coefficient (Wildman–Crippen LogP) is 7.44. The number of carbonyl (C=O) groups excluding carboxylic acids is 2. The number of amides is 1. The van der Waals surface area contributed by atoms with Gasteiger partial charge in [-0.3, -0.25) is 4.79 Å². The molecular formula is C28H35BrN2O3. The number of hydrogen-bond acceptors (Lipinski definition) is 4. The molecular weight excluding hydrogens is 492 g/mol. The third kappa shape index (κ3) is 11.9. The highest BCUT2D eigenvalue weighted by Crippen LogP contribution is 2.22. The molecule has 0 unspecified atom stereocenters. The topological polar surface area (TPSA) is 67.8 Å². The number of ether oxygens (including phenoxy) is 1. The van der Waals surface area contributed by atoms with Crippen LogP contribution >= 0.6 is 15.9 Å². The van der Waals surface area contributed by atoms with Gasteiger partial charge in [0.25, 0.3) is 0 Å². The largest absolute Gasteiger partial charge is 0.423 e. The summed E-state index contributed by atoms with van der Waals surface area (Å²) in [7, 11) is 0. The van der Waals surface area contributed by atoms with Gasteiger partial charge in [0, 0.05) is 22.5 Å². The van der Waals surface area contributed by atoms with Crippen LogP contribution in [-0.2, 0) is 9.59 Å². The number of halogens is 1. The molecule has 0 spiro atoms. The summed E-state index contributed by atoms with van der Waals surface area (Å²) in [6.07, 6.45) is 15.9. The molecule has 0 saturated heterocycles. The Morgan fingerprint density at radius 2 is 1.62 bits per heavy atom. The fraction of sp³-hybridized carbons (Fsp3) is 0.393. The molecule has 0 heterocycles. The molecule has 0 aliphatic carbocycles. The fourth-order valence-corrected chi connectivity index (χ4v) is 3.79. The molecule has 5 nitrogen and oxygen atoms in total. The molecule has 0 saturated carbocycles. The first-order valence-corrected chi connectivity index (χ1v) is 12.9. The van der Waals surface area contributed by atoms with E-state index >= 15 is 0 Å². The van der Waals surface area contributed by atoms with E-state index < -0.39 is 5.97 Å². The molecule has 0 bridgehead atoms. The summed E-state index contributed by atoms with van der Waals surface area (Å²) in [5, 5.41) is 4.05. The molecule has 0 aromatic heterocycles. The first-order valence-electron chi connectivity index (χ1n) is 12.1. The normalized spacial score (nSPS) is 11.2. The predicted molar refractivity (Wildman–Crippen MR) is 143 cm³/mol. The Balaban J connectivity index is 1.75. The van der Waals surface area contributed by atoms with E-state index in [2.05, 4.69) is 33.4 Å². The van der Waals surface area contributed by atoms with E-state index in [1.807, 2.05) is 30.3 Å². The molecule has 1 amide bonds. The summed E-state index contributed by atoms with van der Waals surface area (Å²) in [6.45, 7) is 2.23. The lowest BCUT2D eigenvalue weighted by atomic mass is 10.1. The van der Waals surface area contributed by atoms with Gasteiger partial charge in [-0.25, -0.2) is 10.2 Å². The Kier molecular flexibility index (Phi) is 13.6. The summed E-state index contributed by atoms with van der Waals surface area (Å²) in [5.41, 5.74) is 4.06. The van der Waals surface area contributed by atoms with Crippen LogP contribution in [0.2, 0.25) is 0 Å². The summed E-state index contributed by atoms with van der Waals surface area (Å²) >= 11 is 3.41. The summed E-state index contributed by atoms with van der Waals surface area (Å²) in [6, 6.07) is 14.8. The molecule has 182 valence electrons. The highest BCUT2D eigenvalue weighted by atomic mass is 79.9. The van der Waals surface area contributed by atoms with Gasteiger partial charge in [0.15, 0.2) is 0 Å². The van der Waals surface area contributed by atoms with Gasteiger partial charge < -0.3 is 4.74 Å². The number of benzene rings is 2. The molecule has 0 radical (unpaired) electrons. The number of esters is 1. The van der Waals surface area contributed by atoms with E-state index in [0.29, 0.717) is 17.7 Å². The fourth-order valence-electron chi connectivity index (χ4n) is 3.41. The lowest BCUT2D eigenvalue weighted by Crippen LogP contribution is -2.17. The summed E-state index contributed by atoms with van der Waals surface area (Å²) in [5.74, 6) is -0.239. The molecule has 2 aromatic rings. The van der Waals surface area contributed by atoms with E-state index in [1.165, 1.54) is 57.2 Å². The van der Waals surface area contributed by atoms with Gasteiger partial charge in [-0.05, 0) is 36.3 Å². The SMILES string of the molecule is CCCCCCCCCCCC(=O)N/N=C\c1cc(Br)ccc1OC(=O)/C=C/c1ccccc1. The number of carbonyl (C=O) groups is 2. The number of hydrazone groups is 1. The number of nitrogens with one attached hydrogen (secondary N) is 1. The van der Waals surface area contributed by atoms with E-state index in [9.17, 15) is 9.59 Å². The maximum Gasteiger partial charge on any atom is 0.336 e. The molecule has 0 fully saturated rings. The Labute approximate surface area is 211 Å². The number of hydrogen-bond donors (Lipinski definition) is 1. The van der Waals surface area contributed by atoms with Crippen molar-refractivity contribution in [2.45, 2.75) is 71.1 Å². The summed E-state index contributed by atoms with van der Waals surface area (Å²) < 4.78 is 6.28. The Morgan fingerprint density at radius 3 is 2.32 bits per heavy atom. The quantitative estimate of drug-likeness (QED) is 0.0654. The molecule has 34 heavy (non-hydrogen) atoms. The van der Waals surface area contributed by atoms with Crippen LogP contribution in [0.5, 0.6) is 5.75 Å². The van der Waals surface area contributed by atoms with Gasteiger partial charge in [-0.1, -0.05) is 105 Å². The van der Waals surface area contributed by atoms with Crippen LogP contribution in [0, 0.1) is 0 Å². The number of rotatable bonds is 15. The van der Waals surface area contributed by atoms with Crippen molar-refractivity contribution < 1.29 is 14.3 Å². The maximum absolute atomic E-state index is 12.2. The van der Waals surface area contributed by atoms with Crippen LogP contribution in [0.4, 0.5) is 0 Å². The van der Waals surface area contributed by atoms with Gasteiger partial charge in [0.1, 0.15) is 5.75 Å². The highest BCUT2D eigenvalue weighted by molar-refractivity contribution is 9.10. The third-order valence-corrected chi connectivity index (χ3v) is 5.79. The molecule has 2 aromatic carbocycles. The van der Waals surface area contributed by atoms with Crippen LogP contribution in [0.15, 0.2) is 64.2 Å². The van der Waals surface area contributed by atoms with Gasteiger partial charge >= 0.3 is 5.97 Å². The summed E-state index contributed by atoms with van der Waals surface area (Å²) in [4.78, 5) is 24.3. The second-order valence-electron chi connectivity index (χ2n) is 8.22. The minimum atomic E-state index is -0.491. The van der Waals surface area contributed by atoms with E-state index in [1.54, 1.807) is 24.3 Å². The van der Waals surface area contributed by atoms with Crippen molar-refractivity contribution in [3.05, 3.63) is 70.2 Å². The van der Waals surface area contributed by atoms with Gasteiger partial charge in [-0.2, -0.15) is 5.10 Å². The lowest BCUT2D eigenvalue weighted by Gasteiger charge is -2.06. The second kappa shape index (κ2) is 16.8. The third-order valence-electron chi connectivity index (χ3n) is 5.29. The standard InChI is InChI=1S/C28H35BrN2O3/c1-2-3-4-5-6-7-8-9-13-16-27(32)31-30-22-24-21-25(29)18-19-26(24)34-28(33)20-17-23-14-11-10-12-15-23/h10-12,14-15,17-22H,2-9,13,16H2,1H3,(H,31,32)/b20-17+,30-22-. The van der Waals surface area contributed by atoms with Crippen molar-refractivity contribution >= 4 is 40.1 Å². The van der Waals surface area contributed by atoms with Crippen LogP contribution in [0.3, 0.4) is 0 Å². The minimum Gasteiger partial charge on any atom is -0.423 e. The average Bonchev–Trinajstić information content (AvgIpc) is 2.84. The van der Waals surface area contributed by atoms with Gasteiger partial charge in [-0.15, -0.1) is 0 Å². The molecule has 0 atom stereocenters. The van der Waals surface area contributed by atoms with Crippen molar-refractivity contribution in [2.24, 2.45) is 5.10 Å². The van der Waals surface area contributed by atoms with Gasteiger partial charge in [0.2, 0.25) is 5.91 Å². The van der Waals surface area contributed by atoms with Crippen molar-refractivity contribution in [3.63, 3.8) is 0 Å². The Hall–Kier alpha value is -2.73. The maximum atomic E-state index is 12.2. The first kappa shape index (κ1) is 27.5. The Morgan fingerprint density at radius 1 is 0.941 bits per heavy atom. The molecule has 0 aliphatic rings. The monoisotopic (exact) mass is 526 g/mol. The zero-order chi connectivity index (χ0) is 24.4. The zero-order valence-corrected chi connectivity index (χ0v) is 21.6. The Bertz CT molecular complexity index is 942. The van der Waals surface area contributed by atoms with Crippen molar-refractivity contribution in [1.82, 2.24) is 5.43 Å². The molecule has 0 aliphatic heterocycles. The number of unbranched alkanes of at least 4 members (excludes halogenated alkanes) is 8. The smallest absolute Gasteiger partial charge is 0.336 e. The van der Waals surface area contributed by atoms with Crippen LogP contribution < -0.4 is 10.2 Å². The second-order valence-corrected chi connectivity index (χ2v) is 9.13. The van der Waals surface area contributed by atoms with Crippen molar-refractivity contribution in [3.8, 4) is 5.75 Å². The van der Waals surface area contributed by atoms with Crippen LogP contribution in [-0.4, -0.2) is 18.1 Å². The molecule has 1 N–H and O–H groups in total. The van der Waals surface area contributed by atoms with Crippen molar-refractivity contribution in [2.75, 3.05) is 0 Å². The highest BCUT2D eigenvalue weighted by Gasteiger charge is 2.07. The number of nitrogens with zero attached hydrogens (tertiary/aromatic N) is 1. The van der Waals surface area contributed by atoms with E-state index in [4.69, 9.17) is 4.74 Å². The van der Waals surface area contributed by atoms with E-state index in [-0.39, 0.29) is 5.91 Å². The zero-order valence-electron chi connectivity index (χ0n) is 20.0. The van der Waals surface area contributed by atoms with Gasteiger partial charge in [0.05, 0.1) is 6.21 Å². The lowest BCUT2D eigenvalue weighted by molar-refractivity contribution is -0.129. The first-order chi connectivity index (χ1) is 16.6. The molecule has 6 heteroatoms. The van der Waals surface area contributed by atoms with E-state index in [0.717, 1.165) is 22.9 Å².